The number of primary amides is 1. The monoisotopic (exact) mass is 327 g/mol. The molecule has 0 atom stereocenters. The van der Waals surface area contributed by atoms with Gasteiger partial charge in [0.1, 0.15) is 5.15 Å². The van der Waals surface area contributed by atoms with E-state index < -0.39 is 5.91 Å². The first kappa shape index (κ1) is 15.1. The van der Waals surface area contributed by atoms with Crippen molar-refractivity contribution in [3.8, 4) is 5.69 Å². The zero-order valence-electron chi connectivity index (χ0n) is 12.1. The fraction of sp³-hybridized carbons (Fsp3) is 0.0625. The number of para-hydroxylation sites is 1. The van der Waals surface area contributed by atoms with Gasteiger partial charge in [0.05, 0.1) is 16.9 Å². The molecule has 2 heterocycles. The van der Waals surface area contributed by atoms with Gasteiger partial charge >= 0.3 is 0 Å². The molecular formula is C16H14ClN5O. The molecule has 7 heteroatoms. The summed E-state index contributed by atoms with van der Waals surface area (Å²) in [6.45, 7) is 0.483. The van der Waals surface area contributed by atoms with Crippen molar-refractivity contribution in [1.29, 1.82) is 0 Å². The molecule has 1 amide bonds. The topological polar surface area (TPSA) is 85.8 Å². The molecule has 23 heavy (non-hydrogen) atoms. The SMILES string of the molecule is NC(=O)c1cnc(Cl)cc1NCc1ccccc1-n1cccn1. The van der Waals surface area contributed by atoms with Crippen molar-refractivity contribution in [1.82, 2.24) is 14.8 Å². The molecule has 3 N–H and O–H groups in total. The maximum absolute atomic E-state index is 11.5. The van der Waals surface area contributed by atoms with E-state index in [1.165, 1.54) is 6.20 Å². The highest BCUT2D eigenvalue weighted by atomic mass is 35.5. The normalized spacial score (nSPS) is 10.5. The van der Waals surface area contributed by atoms with Gasteiger partial charge in [-0.05, 0) is 23.8 Å². The third-order valence-corrected chi connectivity index (χ3v) is 3.55. The highest BCUT2D eigenvalue weighted by Gasteiger charge is 2.11. The molecule has 0 aliphatic heterocycles. The molecule has 2 aromatic heterocycles. The fourth-order valence-electron chi connectivity index (χ4n) is 2.26. The Labute approximate surface area is 137 Å². The van der Waals surface area contributed by atoms with Gasteiger partial charge in [-0.25, -0.2) is 9.67 Å². The molecule has 6 nitrogen and oxygen atoms in total. The smallest absolute Gasteiger partial charge is 0.252 e. The van der Waals surface area contributed by atoms with Gasteiger partial charge in [0.15, 0.2) is 0 Å². The summed E-state index contributed by atoms with van der Waals surface area (Å²) >= 11 is 5.90. The first-order chi connectivity index (χ1) is 11.1. The Bertz CT molecular complexity index is 832. The molecule has 0 aliphatic rings. The highest BCUT2D eigenvalue weighted by Crippen LogP contribution is 2.21. The summed E-state index contributed by atoms with van der Waals surface area (Å²) in [5.74, 6) is -0.558. The second-order valence-electron chi connectivity index (χ2n) is 4.85. The summed E-state index contributed by atoms with van der Waals surface area (Å²) in [7, 11) is 0. The predicted octanol–water partition coefficient (Wildman–Crippen LogP) is 2.63. The standard InChI is InChI=1S/C16H14ClN5O/c17-15-8-13(12(10-20-15)16(18)23)19-9-11-4-1-2-5-14(11)22-7-3-6-21-22/h1-8,10H,9H2,(H2,18,23)(H,19,20). The summed E-state index contributed by atoms with van der Waals surface area (Å²) in [6.07, 6.45) is 4.96. The van der Waals surface area contributed by atoms with Gasteiger partial charge in [-0.1, -0.05) is 29.8 Å². The van der Waals surface area contributed by atoms with Crippen LogP contribution >= 0.6 is 11.6 Å². The van der Waals surface area contributed by atoms with Crippen molar-refractivity contribution in [3.05, 3.63) is 71.3 Å². The van der Waals surface area contributed by atoms with Crippen LogP contribution in [-0.2, 0) is 6.54 Å². The van der Waals surface area contributed by atoms with Gasteiger partial charge < -0.3 is 11.1 Å². The molecule has 0 radical (unpaired) electrons. The number of rotatable bonds is 5. The molecule has 3 aromatic rings. The summed E-state index contributed by atoms with van der Waals surface area (Å²) < 4.78 is 1.78. The number of amides is 1. The van der Waals surface area contributed by atoms with Crippen LogP contribution in [0.5, 0.6) is 0 Å². The lowest BCUT2D eigenvalue weighted by Gasteiger charge is -2.13. The van der Waals surface area contributed by atoms with E-state index in [2.05, 4.69) is 15.4 Å². The fourth-order valence-corrected chi connectivity index (χ4v) is 2.42. The molecule has 0 bridgehead atoms. The average Bonchev–Trinajstić information content (AvgIpc) is 3.07. The van der Waals surface area contributed by atoms with Crippen LogP contribution in [0.1, 0.15) is 15.9 Å². The number of carbonyl (C=O) groups is 1. The lowest BCUT2D eigenvalue weighted by Crippen LogP contribution is -2.15. The number of nitrogens with one attached hydrogen (secondary N) is 1. The zero-order chi connectivity index (χ0) is 16.2. The van der Waals surface area contributed by atoms with E-state index >= 15 is 0 Å². The Morgan fingerprint density at radius 2 is 2.13 bits per heavy atom. The lowest BCUT2D eigenvalue weighted by molar-refractivity contribution is 0.100. The summed E-state index contributed by atoms with van der Waals surface area (Å²) in [5, 5.41) is 7.72. The van der Waals surface area contributed by atoms with Crippen molar-refractivity contribution < 1.29 is 4.79 Å². The summed E-state index contributed by atoms with van der Waals surface area (Å²) in [6, 6.07) is 11.3. The second-order valence-corrected chi connectivity index (χ2v) is 5.24. The molecular weight excluding hydrogens is 314 g/mol. The minimum Gasteiger partial charge on any atom is -0.380 e. The van der Waals surface area contributed by atoms with Crippen LogP contribution in [0, 0.1) is 0 Å². The molecule has 116 valence electrons. The van der Waals surface area contributed by atoms with Crippen molar-refractivity contribution in [2.45, 2.75) is 6.54 Å². The van der Waals surface area contributed by atoms with Crippen LogP contribution in [0.2, 0.25) is 5.15 Å². The van der Waals surface area contributed by atoms with E-state index in [1.807, 2.05) is 36.5 Å². The van der Waals surface area contributed by atoms with Crippen LogP contribution in [0.15, 0.2) is 55.0 Å². The van der Waals surface area contributed by atoms with Crippen molar-refractivity contribution in [2.75, 3.05) is 5.32 Å². The largest absolute Gasteiger partial charge is 0.380 e. The molecule has 0 spiro atoms. The molecule has 0 fully saturated rings. The van der Waals surface area contributed by atoms with E-state index in [1.54, 1.807) is 16.9 Å². The van der Waals surface area contributed by atoms with Gasteiger partial charge in [0, 0.05) is 25.1 Å². The highest BCUT2D eigenvalue weighted by molar-refractivity contribution is 6.29. The first-order valence-corrected chi connectivity index (χ1v) is 7.30. The second kappa shape index (κ2) is 6.50. The number of pyridine rings is 1. The van der Waals surface area contributed by atoms with Crippen LogP contribution in [0.3, 0.4) is 0 Å². The molecule has 1 aromatic carbocycles. The number of nitrogens with two attached hydrogens (primary N) is 1. The lowest BCUT2D eigenvalue weighted by atomic mass is 10.1. The Hall–Kier alpha value is -2.86. The Morgan fingerprint density at radius 1 is 1.30 bits per heavy atom. The van der Waals surface area contributed by atoms with E-state index in [0.717, 1.165) is 11.3 Å². The number of anilines is 1. The maximum Gasteiger partial charge on any atom is 0.252 e. The van der Waals surface area contributed by atoms with Crippen LogP contribution in [-0.4, -0.2) is 20.7 Å². The van der Waals surface area contributed by atoms with E-state index in [4.69, 9.17) is 17.3 Å². The molecule has 3 rings (SSSR count). The Kier molecular flexibility index (Phi) is 4.25. The van der Waals surface area contributed by atoms with Crippen molar-refractivity contribution in [2.24, 2.45) is 5.73 Å². The molecule has 0 unspecified atom stereocenters. The van der Waals surface area contributed by atoms with Gasteiger partial charge in [-0.3, -0.25) is 4.79 Å². The molecule has 0 saturated heterocycles. The number of hydrogen-bond acceptors (Lipinski definition) is 4. The summed E-state index contributed by atoms with van der Waals surface area (Å²) in [4.78, 5) is 15.4. The minimum absolute atomic E-state index is 0.290. The minimum atomic E-state index is -0.558. The number of hydrogen-bond donors (Lipinski definition) is 2. The number of aromatic nitrogens is 3. The summed E-state index contributed by atoms with van der Waals surface area (Å²) in [5.41, 5.74) is 8.17. The Balaban J connectivity index is 1.88. The first-order valence-electron chi connectivity index (χ1n) is 6.92. The Morgan fingerprint density at radius 3 is 2.87 bits per heavy atom. The molecule has 0 saturated carbocycles. The number of halogens is 1. The van der Waals surface area contributed by atoms with Gasteiger partial charge in [0.25, 0.3) is 5.91 Å². The van der Waals surface area contributed by atoms with E-state index in [9.17, 15) is 4.79 Å². The number of carbonyl (C=O) groups excluding carboxylic acids is 1. The van der Waals surface area contributed by atoms with Crippen LogP contribution in [0.25, 0.3) is 5.69 Å². The molecule has 0 aliphatic carbocycles. The third-order valence-electron chi connectivity index (χ3n) is 3.35. The van der Waals surface area contributed by atoms with Gasteiger partial charge in [-0.15, -0.1) is 0 Å². The quantitative estimate of drug-likeness (QED) is 0.705. The number of nitrogens with zero attached hydrogens (tertiary/aromatic N) is 3. The van der Waals surface area contributed by atoms with Crippen molar-refractivity contribution in [3.63, 3.8) is 0 Å². The average molecular weight is 328 g/mol. The van der Waals surface area contributed by atoms with Gasteiger partial charge in [0.2, 0.25) is 0 Å². The van der Waals surface area contributed by atoms with E-state index in [-0.39, 0.29) is 5.15 Å². The zero-order valence-corrected chi connectivity index (χ0v) is 12.9. The van der Waals surface area contributed by atoms with E-state index in [0.29, 0.717) is 17.8 Å². The third kappa shape index (κ3) is 3.32. The predicted molar refractivity (Wildman–Crippen MR) is 88.7 cm³/mol. The van der Waals surface area contributed by atoms with Crippen LogP contribution in [0.4, 0.5) is 5.69 Å². The van der Waals surface area contributed by atoms with Crippen LogP contribution < -0.4 is 11.1 Å². The van der Waals surface area contributed by atoms with Gasteiger partial charge in [-0.2, -0.15) is 5.10 Å². The van der Waals surface area contributed by atoms with Crippen molar-refractivity contribution >= 4 is 23.2 Å². The maximum atomic E-state index is 11.5. The number of benzene rings is 1.